The second-order valence-electron chi connectivity index (χ2n) is 6.38. The van der Waals surface area contributed by atoms with Crippen molar-refractivity contribution in [2.24, 2.45) is 5.41 Å². The molecule has 0 aliphatic carbocycles. The zero-order chi connectivity index (χ0) is 14.1. The Balaban J connectivity index is 3.27. The average molecular weight is 250 g/mol. The van der Waals surface area contributed by atoms with Crippen LogP contribution in [0, 0.1) is 12.3 Å². The van der Waals surface area contributed by atoms with Crippen LogP contribution in [0.25, 0.3) is 0 Å². The van der Waals surface area contributed by atoms with Crippen molar-refractivity contribution < 1.29 is 15.0 Å². The fourth-order valence-electron chi connectivity index (χ4n) is 2.36. The number of aromatic hydroxyl groups is 1. The summed E-state index contributed by atoms with van der Waals surface area (Å²) in [6.07, 6.45) is 0.541. The highest BCUT2D eigenvalue weighted by Crippen LogP contribution is 2.38. The lowest BCUT2D eigenvalue weighted by atomic mass is 9.70. The fourth-order valence-corrected chi connectivity index (χ4v) is 2.36. The Hall–Kier alpha value is -1.51. The van der Waals surface area contributed by atoms with Gasteiger partial charge in [0.2, 0.25) is 0 Å². The third-order valence-corrected chi connectivity index (χ3v) is 3.19. The number of carboxylic acids is 1. The van der Waals surface area contributed by atoms with Gasteiger partial charge in [-0.1, -0.05) is 32.9 Å². The summed E-state index contributed by atoms with van der Waals surface area (Å²) in [6.45, 7) is 9.61. The van der Waals surface area contributed by atoms with Crippen molar-refractivity contribution in [2.45, 2.75) is 46.5 Å². The minimum absolute atomic E-state index is 0.0844. The van der Waals surface area contributed by atoms with Gasteiger partial charge in [0.15, 0.2) is 0 Å². The lowest BCUT2D eigenvalue weighted by molar-refractivity contribution is -0.144. The van der Waals surface area contributed by atoms with E-state index in [2.05, 4.69) is 0 Å². The summed E-state index contributed by atoms with van der Waals surface area (Å²) in [5, 5.41) is 19.1. The summed E-state index contributed by atoms with van der Waals surface area (Å²) in [5.74, 6) is -0.634. The second-order valence-corrected chi connectivity index (χ2v) is 6.38. The van der Waals surface area contributed by atoms with E-state index in [1.54, 1.807) is 32.0 Å². The minimum atomic E-state index is -0.934. The van der Waals surface area contributed by atoms with Gasteiger partial charge in [-0.15, -0.1) is 0 Å². The smallest absolute Gasteiger partial charge is 0.313 e. The van der Waals surface area contributed by atoms with Gasteiger partial charge in [0.1, 0.15) is 5.75 Å². The molecule has 3 nitrogen and oxygen atoms in total. The highest BCUT2D eigenvalue weighted by Gasteiger charge is 2.39. The predicted molar refractivity (Wildman–Crippen MR) is 71.9 cm³/mol. The number of hydrogen-bond acceptors (Lipinski definition) is 2. The van der Waals surface area contributed by atoms with Gasteiger partial charge in [-0.2, -0.15) is 0 Å². The van der Waals surface area contributed by atoms with Crippen molar-refractivity contribution in [2.75, 3.05) is 0 Å². The molecule has 100 valence electrons. The molecule has 1 unspecified atom stereocenters. The highest BCUT2D eigenvalue weighted by atomic mass is 16.4. The molecule has 1 rings (SSSR count). The maximum absolute atomic E-state index is 11.6. The highest BCUT2D eigenvalue weighted by molar-refractivity contribution is 5.81. The van der Waals surface area contributed by atoms with Crippen molar-refractivity contribution in [3.63, 3.8) is 0 Å². The van der Waals surface area contributed by atoms with Crippen LogP contribution in [-0.2, 0) is 10.2 Å². The predicted octanol–water partition coefficient (Wildman–Crippen LogP) is 3.48. The number of rotatable bonds is 3. The van der Waals surface area contributed by atoms with Crippen LogP contribution in [0.1, 0.15) is 45.2 Å². The van der Waals surface area contributed by atoms with Crippen molar-refractivity contribution in [1.29, 1.82) is 0 Å². The van der Waals surface area contributed by atoms with Crippen LogP contribution in [0.4, 0.5) is 0 Å². The van der Waals surface area contributed by atoms with Crippen molar-refractivity contribution in [3.05, 3.63) is 29.3 Å². The van der Waals surface area contributed by atoms with Crippen LogP contribution in [0.15, 0.2) is 18.2 Å². The zero-order valence-electron chi connectivity index (χ0n) is 11.7. The number of phenolic OH excluding ortho intramolecular Hbond substituents is 1. The van der Waals surface area contributed by atoms with Crippen LogP contribution < -0.4 is 0 Å². The summed E-state index contributed by atoms with van der Waals surface area (Å²) in [7, 11) is 0. The first kappa shape index (κ1) is 14.6. The molecule has 0 aromatic heterocycles. The summed E-state index contributed by atoms with van der Waals surface area (Å²) in [6, 6.07) is 5.02. The lowest BCUT2D eigenvalue weighted by Gasteiger charge is -2.32. The van der Waals surface area contributed by atoms with Gasteiger partial charge in [0, 0.05) is 0 Å². The number of phenols is 1. The third kappa shape index (κ3) is 3.03. The Kier molecular flexibility index (Phi) is 3.75. The van der Waals surface area contributed by atoms with Crippen LogP contribution in [0.3, 0.4) is 0 Å². The van der Waals surface area contributed by atoms with E-state index in [0.717, 1.165) is 5.56 Å². The van der Waals surface area contributed by atoms with Gasteiger partial charge < -0.3 is 10.2 Å². The number of carbonyl (C=O) groups is 1. The van der Waals surface area contributed by atoms with Gasteiger partial charge in [-0.05, 0) is 42.9 Å². The molecule has 0 saturated heterocycles. The van der Waals surface area contributed by atoms with Crippen molar-refractivity contribution >= 4 is 5.97 Å². The maximum Gasteiger partial charge on any atom is 0.313 e. The largest absolute Gasteiger partial charge is 0.508 e. The molecule has 3 heteroatoms. The van der Waals surface area contributed by atoms with E-state index >= 15 is 0 Å². The third-order valence-electron chi connectivity index (χ3n) is 3.19. The van der Waals surface area contributed by atoms with Crippen molar-refractivity contribution in [3.8, 4) is 5.75 Å². The minimum Gasteiger partial charge on any atom is -0.508 e. The van der Waals surface area contributed by atoms with Crippen LogP contribution in [0.2, 0.25) is 0 Å². The molecule has 18 heavy (non-hydrogen) atoms. The van der Waals surface area contributed by atoms with Gasteiger partial charge in [0.05, 0.1) is 5.41 Å². The number of carboxylic acid groups (broad SMARTS) is 1. The number of aliphatic carboxylic acids is 1. The Morgan fingerprint density at radius 2 is 1.78 bits per heavy atom. The summed E-state index contributed by atoms with van der Waals surface area (Å²) in [4.78, 5) is 11.6. The van der Waals surface area contributed by atoms with Gasteiger partial charge >= 0.3 is 5.97 Å². The molecule has 0 saturated carbocycles. The average Bonchev–Trinajstić information content (AvgIpc) is 2.19. The SMILES string of the molecule is Cc1cc(C(C)(CC(C)(C)C)C(=O)O)ccc1O. The molecule has 1 aromatic carbocycles. The molecule has 0 amide bonds. The maximum atomic E-state index is 11.6. The molecule has 0 radical (unpaired) electrons. The standard InChI is InChI=1S/C15H22O3/c1-10-8-11(6-7-12(10)16)15(5,13(17)18)9-14(2,3)4/h6-8,16H,9H2,1-5H3,(H,17,18). The normalized spacial score (nSPS) is 15.2. The first-order valence-corrected chi connectivity index (χ1v) is 6.10. The van der Waals surface area contributed by atoms with E-state index in [-0.39, 0.29) is 11.2 Å². The number of hydrogen-bond donors (Lipinski definition) is 2. The molecule has 1 aromatic rings. The Labute approximate surface area is 108 Å². The Morgan fingerprint density at radius 1 is 1.22 bits per heavy atom. The molecule has 2 N–H and O–H groups in total. The van der Waals surface area contributed by atoms with E-state index in [1.807, 2.05) is 20.8 Å². The van der Waals surface area contributed by atoms with Gasteiger partial charge in [0.25, 0.3) is 0 Å². The molecule has 0 aliphatic rings. The van der Waals surface area contributed by atoms with E-state index in [4.69, 9.17) is 0 Å². The zero-order valence-corrected chi connectivity index (χ0v) is 11.7. The lowest BCUT2D eigenvalue weighted by Crippen LogP contribution is -2.36. The topological polar surface area (TPSA) is 57.5 Å². The first-order chi connectivity index (χ1) is 8.06. The number of aryl methyl sites for hydroxylation is 1. The molecule has 0 spiro atoms. The quantitative estimate of drug-likeness (QED) is 0.863. The fraction of sp³-hybridized carbons (Fsp3) is 0.533. The molecule has 0 fully saturated rings. The Morgan fingerprint density at radius 3 is 2.17 bits per heavy atom. The molecule has 0 aliphatic heterocycles. The summed E-state index contributed by atoms with van der Waals surface area (Å²) >= 11 is 0. The molecular weight excluding hydrogens is 228 g/mol. The van der Waals surface area contributed by atoms with E-state index in [9.17, 15) is 15.0 Å². The van der Waals surface area contributed by atoms with Crippen LogP contribution in [-0.4, -0.2) is 16.2 Å². The summed E-state index contributed by atoms with van der Waals surface area (Å²) < 4.78 is 0. The first-order valence-electron chi connectivity index (χ1n) is 6.10. The molecular formula is C15H22O3. The monoisotopic (exact) mass is 250 g/mol. The van der Waals surface area contributed by atoms with Crippen LogP contribution in [0.5, 0.6) is 5.75 Å². The molecule has 0 bridgehead atoms. The van der Waals surface area contributed by atoms with Gasteiger partial charge in [-0.25, -0.2) is 0 Å². The summed E-state index contributed by atoms with van der Waals surface area (Å²) in [5.41, 5.74) is 0.421. The van der Waals surface area contributed by atoms with E-state index < -0.39 is 11.4 Å². The number of benzene rings is 1. The van der Waals surface area contributed by atoms with Crippen molar-refractivity contribution in [1.82, 2.24) is 0 Å². The molecule has 0 heterocycles. The second kappa shape index (κ2) is 4.63. The van der Waals surface area contributed by atoms with E-state index in [0.29, 0.717) is 12.0 Å². The van der Waals surface area contributed by atoms with Gasteiger partial charge in [-0.3, -0.25) is 4.79 Å². The van der Waals surface area contributed by atoms with E-state index in [1.165, 1.54) is 0 Å². The van der Waals surface area contributed by atoms with Crippen LogP contribution >= 0.6 is 0 Å². The molecule has 1 atom stereocenters. The Bertz CT molecular complexity index is 457.